The number of hydrogen-bond acceptors (Lipinski definition) is 2. The Labute approximate surface area is 115 Å². The van der Waals surface area contributed by atoms with E-state index in [9.17, 15) is 4.79 Å². The maximum Gasteiger partial charge on any atom is 0.227 e. The van der Waals surface area contributed by atoms with Crippen LogP contribution in [0.3, 0.4) is 0 Å². The van der Waals surface area contributed by atoms with E-state index in [0.717, 1.165) is 38.9 Å². The summed E-state index contributed by atoms with van der Waals surface area (Å²) in [6, 6.07) is 6.38. The van der Waals surface area contributed by atoms with Crippen LogP contribution >= 0.6 is 0 Å². The average molecular weight is 258 g/mol. The summed E-state index contributed by atoms with van der Waals surface area (Å²) in [5.74, 6) is 0.839. The molecule has 0 bridgehead atoms. The summed E-state index contributed by atoms with van der Waals surface area (Å²) < 4.78 is 0. The van der Waals surface area contributed by atoms with Gasteiger partial charge in [-0.15, -0.1) is 0 Å². The fourth-order valence-corrected chi connectivity index (χ4v) is 3.34. The SMILES string of the molecule is Cc1cccc2c1N(C(=O)CC1CCNC1)CCC2. The van der Waals surface area contributed by atoms with Crippen molar-refractivity contribution in [1.29, 1.82) is 0 Å². The van der Waals surface area contributed by atoms with E-state index < -0.39 is 0 Å². The third-order valence-electron chi connectivity index (χ3n) is 4.35. The number of hydrogen-bond donors (Lipinski definition) is 1. The van der Waals surface area contributed by atoms with Crippen molar-refractivity contribution in [1.82, 2.24) is 5.32 Å². The van der Waals surface area contributed by atoms with Gasteiger partial charge in [0.15, 0.2) is 0 Å². The second-order valence-electron chi connectivity index (χ2n) is 5.79. The number of carbonyl (C=O) groups excluding carboxylic acids is 1. The Hall–Kier alpha value is -1.35. The van der Waals surface area contributed by atoms with E-state index >= 15 is 0 Å². The van der Waals surface area contributed by atoms with Crippen LogP contribution < -0.4 is 10.2 Å². The highest BCUT2D eigenvalue weighted by molar-refractivity contribution is 5.95. The molecule has 2 aliphatic heterocycles. The van der Waals surface area contributed by atoms with Crippen LogP contribution in [-0.4, -0.2) is 25.5 Å². The van der Waals surface area contributed by atoms with Gasteiger partial charge in [-0.3, -0.25) is 4.79 Å². The number of amides is 1. The summed E-state index contributed by atoms with van der Waals surface area (Å²) in [4.78, 5) is 14.6. The van der Waals surface area contributed by atoms with E-state index in [2.05, 4.69) is 30.4 Å². The highest BCUT2D eigenvalue weighted by Gasteiger charge is 2.26. The van der Waals surface area contributed by atoms with Gasteiger partial charge >= 0.3 is 0 Å². The van der Waals surface area contributed by atoms with Gasteiger partial charge in [0.1, 0.15) is 0 Å². The Kier molecular flexibility index (Phi) is 3.56. The summed E-state index contributed by atoms with van der Waals surface area (Å²) in [6.45, 7) is 5.06. The Bertz CT molecular complexity index is 478. The summed E-state index contributed by atoms with van der Waals surface area (Å²) in [6.07, 6.45) is 4.03. The number of nitrogens with one attached hydrogen (secondary N) is 1. The zero-order valence-electron chi connectivity index (χ0n) is 11.6. The maximum absolute atomic E-state index is 12.6. The fourth-order valence-electron chi connectivity index (χ4n) is 3.34. The lowest BCUT2D eigenvalue weighted by Crippen LogP contribution is -2.37. The number of fused-ring (bicyclic) bond motifs is 1. The summed E-state index contributed by atoms with van der Waals surface area (Å²) >= 11 is 0. The molecule has 0 saturated carbocycles. The molecule has 1 amide bonds. The zero-order valence-corrected chi connectivity index (χ0v) is 11.6. The van der Waals surface area contributed by atoms with Crippen LogP contribution in [0.25, 0.3) is 0 Å². The molecule has 102 valence electrons. The fraction of sp³-hybridized carbons (Fsp3) is 0.562. The van der Waals surface area contributed by atoms with Crippen molar-refractivity contribution < 1.29 is 4.79 Å². The molecule has 1 atom stereocenters. The molecular weight excluding hydrogens is 236 g/mol. The van der Waals surface area contributed by atoms with Gasteiger partial charge < -0.3 is 10.2 Å². The Balaban J connectivity index is 1.80. The monoisotopic (exact) mass is 258 g/mol. The Morgan fingerprint density at radius 1 is 1.47 bits per heavy atom. The Morgan fingerprint density at radius 3 is 3.16 bits per heavy atom. The predicted octanol–water partition coefficient (Wildman–Crippen LogP) is 2.27. The van der Waals surface area contributed by atoms with Gasteiger partial charge in [0.25, 0.3) is 0 Å². The van der Waals surface area contributed by atoms with E-state index in [1.165, 1.54) is 16.8 Å². The van der Waals surface area contributed by atoms with Crippen molar-refractivity contribution >= 4 is 11.6 Å². The van der Waals surface area contributed by atoms with Gasteiger partial charge in [-0.2, -0.15) is 0 Å². The molecule has 2 aliphatic rings. The molecule has 3 rings (SSSR count). The molecule has 0 aliphatic carbocycles. The highest BCUT2D eigenvalue weighted by atomic mass is 16.2. The quantitative estimate of drug-likeness (QED) is 0.882. The first-order valence-corrected chi connectivity index (χ1v) is 7.35. The lowest BCUT2D eigenvalue weighted by atomic mass is 9.96. The van der Waals surface area contributed by atoms with Crippen LogP contribution in [0.5, 0.6) is 0 Å². The molecule has 19 heavy (non-hydrogen) atoms. The predicted molar refractivity (Wildman–Crippen MR) is 77.4 cm³/mol. The molecular formula is C16H22N2O. The lowest BCUT2D eigenvalue weighted by Gasteiger charge is -2.31. The average Bonchev–Trinajstić information content (AvgIpc) is 2.91. The molecule has 0 aromatic heterocycles. The number of anilines is 1. The zero-order chi connectivity index (χ0) is 13.2. The maximum atomic E-state index is 12.6. The summed E-state index contributed by atoms with van der Waals surface area (Å²) in [5.41, 5.74) is 3.75. The summed E-state index contributed by atoms with van der Waals surface area (Å²) in [5, 5.41) is 3.34. The van der Waals surface area contributed by atoms with Crippen LogP contribution in [0.1, 0.15) is 30.4 Å². The van der Waals surface area contributed by atoms with Gasteiger partial charge in [-0.25, -0.2) is 0 Å². The molecule has 1 fully saturated rings. The number of rotatable bonds is 2. The van der Waals surface area contributed by atoms with E-state index in [1.54, 1.807) is 0 Å². The minimum atomic E-state index is 0.309. The third kappa shape index (κ3) is 2.52. The van der Waals surface area contributed by atoms with E-state index in [0.29, 0.717) is 18.2 Å². The Morgan fingerprint density at radius 2 is 2.37 bits per heavy atom. The van der Waals surface area contributed by atoms with Crippen LogP contribution in [0, 0.1) is 12.8 Å². The first-order chi connectivity index (χ1) is 9.25. The van der Waals surface area contributed by atoms with E-state index in [4.69, 9.17) is 0 Å². The van der Waals surface area contributed by atoms with Crippen molar-refractivity contribution in [3.8, 4) is 0 Å². The third-order valence-corrected chi connectivity index (χ3v) is 4.35. The second kappa shape index (κ2) is 5.33. The first-order valence-electron chi connectivity index (χ1n) is 7.35. The number of aryl methyl sites for hydroxylation is 2. The molecule has 2 heterocycles. The second-order valence-corrected chi connectivity index (χ2v) is 5.79. The van der Waals surface area contributed by atoms with Crippen molar-refractivity contribution in [2.45, 2.75) is 32.6 Å². The van der Waals surface area contributed by atoms with Crippen molar-refractivity contribution in [2.75, 3.05) is 24.5 Å². The van der Waals surface area contributed by atoms with Gasteiger partial charge in [-0.05, 0) is 56.3 Å². The molecule has 0 spiro atoms. The normalized spacial score (nSPS) is 22.4. The van der Waals surface area contributed by atoms with Crippen molar-refractivity contribution in [2.24, 2.45) is 5.92 Å². The van der Waals surface area contributed by atoms with E-state index in [-0.39, 0.29) is 0 Å². The molecule has 1 unspecified atom stereocenters. The molecule has 1 saturated heterocycles. The van der Waals surface area contributed by atoms with Gasteiger partial charge in [0.05, 0.1) is 0 Å². The van der Waals surface area contributed by atoms with Crippen LogP contribution in [0.4, 0.5) is 5.69 Å². The number of benzene rings is 1. The smallest absolute Gasteiger partial charge is 0.227 e. The van der Waals surface area contributed by atoms with Gasteiger partial charge in [0, 0.05) is 18.7 Å². The number of carbonyl (C=O) groups is 1. The lowest BCUT2D eigenvalue weighted by molar-refractivity contribution is -0.119. The molecule has 1 aromatic carbocycles. The molecule has 1 N–H and O–H groups in total. The van der Waals surface area contributed by atoms with Crippen LogP contribution in [0.2, 0.25) is 0 Å². The summed E-state index contributed by atoms with van der Waals surface area (Å²) in [7, 11) is 0. The highest BCUT2D eigenvalue weighted by Crippen LogP contribution is 2.31. The van der Waals surface area contributed by atoms with Crippen molar-refractivity contribution in [3.05, 3.63) is 29.3 Å². The largest absolute Gasteiger partial charge is 0.316 e. The topological polar surface area (TPSA) is 32.3 Å². The minimum absolute atomic E-state index is 0.309. The minimum Gasteiger partial charge on any atom is -0.316 e. The van der Waals surface area contributed by atoms with Crippen molar-refractivity contribution in [3.63, 3.8) is 0 Å². The standard InChI is InChI=1S/C16H22N2O/c1-12-4-2-5-14-6-3-9-18(16(12)14)15(19)10-13-7-8-17-11-13/h2,4-5,13,17H,3,6-11H2,1H3. The molecule has 1 aromatic rings. The van der Waals surface area contributed by atoms with Gasteiger partial charge in [0.2, 0.25) is 5.91 Å². The molecule has 3 nitrogen and oxygen atoms in total. The first kappa shape index (κ1) is 12.7. The number of para-hydroxylation sites is 1. The van der Waals surface area contributed by atoms with Crippen LogP contribution in [-0.2, 0) is 11.2 Å². The molecule has 3 heteroatoms. The van der Waals surface area contributed by atoms with Crippen LogP contribution in [0.15, 0.2) is 18.2 Å². The van der Waals surface area contributed by atoms with Gasteiger partial charge in [-0.1, -0.05) is 18.2 Å². The van der Waals surface area contributed by atoms with E-state index in [1.807, 2.05) is 4.90 Å². The molecule has 0 radical (unpaired) electrons. The number of nitrogens with zero attached hydrogens (tertiary/aromatic N) is 1.